The van der Waals surface area contributed by atoms with Crippen molar-refractivity contribution in [2.75, 3.05) is 26.7 Å². The lowest BCUT2D eigenvalue weighted by molar-refractivity contribution is 0.0938. The minimum atomic E-state index is -0.0512. The lowest BCUT2D eigenvalue weighted by atomic mass is 10.1. The second kappa shape index (κ2) is 9.06. The minimum Gasteiger partial charge on any atom is -0.497 e. The van der Waals surface area contributed by atoms with E-state index >= 15 is 0 Å². The number of carbonyl (C=O) groups is 1. The van der Waals surface area contributed by atoms with Gasteiger partial charge in [0.15, 0.2) is 0 Å². The van der Waals surface area contributed by atoms with Gasteiger partial charge >= 0.3 is 0 Å². The Bertz CT molecular complexity index is 642. The molecule has 6 heteroatoms. The average Bonchev–Trinajstić information content (AvgIpc) is 3.29. The molecule has 130 valence electrons. The number of halogens is 1. The molecule has 1 aliphatic rings. The number of nitrogens with one attached hydrogen (secondary N) is 1. The molecule has 2 heterocycles. The Morgan fingerprint density at radius 2 is 2.08 bits per heavy atom. The van der Waals surface area contributed by atoms with Crippen LogP contribution in [0, 0.1) is 0 Å². The summed E-state index contributed by atoms with van der Waals surface area (Å²) in [4.78, 5) is 16.2. The Kier molecular flexibility index (Phi) is 7.09. The van der Waals surface area contributed by atoms with E-state index in [1.165, 1.54) is 17.7 Å². The van der Waals surface area contributed by atoms with Crippen molar-refractivity contribution in [3.63, 3.8) is 0 Å². The van der Waals surface area contributed by atoms with Crippen LogP contribution in [-0.2, 0) is 0 Å². The van der Waals surface area contributed by atoms with Crippen LogP contribution in [0.4, 0.5) is 0 Å². The zero-order valence-corrected chi connectivity index (χ0v) is 15.4. The van der Waals surface area contributed by atoms with Crippen molar-refractivity contribution < 1.29 is 9.53 Å². The van der Waals surface area contributed by atoms with Gasteiger partial charge in [0.1, 0.15) is 5.75 Å². The molecule has 24 heavy (non-hydrogen) atoms. The summed E-state index contributed by atoms with van der Waals surface area (Å²) in [6, 6.07) is 11.8. The molecular formula is C18H23ClN2O2S. The van der Waals surface area contributed by atoms with E-state index in [0.717, 1.165) is 13.1 Å². The number of thiophene rings is 1. The molecule has 2 aromatic rings. The Morgan fingerprint density at radius 1 is 1.29 bits per heavy atom. The Balaban J connectivity index is 0.00000208. The highest BCUT2D eigenvalue weighted by atomic mass is 35.5. The molecule has 0 aliphatic carbocycles. The fourth-order valence-corrected chi connectivity index (χ4v) is 3.86. The standard InChI is InChI=1S/C18H22N2O2S.ClH/c1-22-15-7-4-6-14(12-15)18(21)19-13-16(17-8-5-11-23-17)20-9-2-3-10-20;/h4-8,11-12,16H,2-3,9-10,13H2,1H3,(H,19,21);1H. The molecule has 1 atom stereocenters. The molecule has 1 saturated heterocycles. The quantitative estimate of drug-likeness (QED) is 0.846. The van der Waals surface area contributed by atoms with E-state index in [9.17, 15) is 4.79 Å². The molecular weight excluding hydrogens is 344 g/mol. The first-order valence-electron chi connectivity index (χ1n) is 7.97. The smallest absolute Gasteiger partial charge is 0.251 e. The summed E-state index contributed by atoms with van der Waals surface area (Å²) in [5, 5.41) is 5.19. The summed E-state index contributed by atoms with van der Waals surface area (Å²) in [6.45, 7) is 2.85. The van der Waals surface area contributed by atoms with Gasteiger partial charge in [-0.05, 0) is 55.6 Å². The number of hydrogen-bond acceptors (Lipinski definition) is 4. The fourth-order valence-electron chi connectivity index (χ4n) is 3.00. The van der Waals surface area contributed by atoms with E-state index < -0.39 is 0 Å². The number of amides is 1. The summed E-state index contributed by atoms with van der Waals surface area (Å²) in [7, 11) is 1.61. The Morgan fingerprint density at radius 3 is 2.75 bits per heavy atom. The van der Waals surface area contributed by atoms with Crippen molar-refractivity contribution >= 4 is 29.7 Å². The van der Waals surface area contributed by atoms with Gasteiger partial charge < -0.3 is 10.1 Å². The topological polar surface area (TPSA) is 41.6 Å². The molecule has 0 bridgehead atoms. The van der Waals surface area contributed by atoms with Crippen LogP contribution in [0.3, 0.4) is 0 Å². The van der Waals surface area contributed by atoms with E-state index in [1.54, 1.807) is 24.5 Å². The summed E-state index contributed by atoms with van der Waals surface area (Å²) in [5.74, 6) is 0.650. The highest BCUT2D eigenvalue weighted by Gasteiger charge is 2.24. The van der Waals surface area contributed by atoms with E-state index in [0.29, 0.717) is 17.9 Å². The molecule has 3 rings (SSSR count). The highest BCUT2D eigenvalue weighted by Crippen LogP contribution is 2.28. The second-order valence-corrected chi connectivity index (χ2v) is 6.70. The van der Waals surface area contributed by atoms with E-state index in [4.69, 9.17) is 4.74 Å². The lowest BCUT2D eigenvalue weighted by Gasteiger charge is -2.27. The van der Waals surface area contributed by atoms with Gasteiger partial charge in [-0.1, -0.05) is 12.1 Å². The van der Waals surface area contributed by atoms with E-state index in [1.807, 2.05) is 18.2 Å². The summed E-state index contributed by atoms with van der Waals surface area (Å²) in [6.07, 6.45) is 2.48. The molecule has 0 radical (unpaired) electrons. The van der Waals surface area contributed by atoms with E-state index in [-0.39, 0.29) is 24.4 Å². The zero-order chi connectivity index (χ0) is 16.1. The van der Waals surface area contributed by atoms with Crippen molar-refractivity contribution in [1.82, 2.24) is 10.2 Å². The monoisotopic (exact) mass is 366 g/mol. The maximum Gasteiger partial charge on any atom is 0.251 e. The molecule has 1 aromatic heterocycles. The zero-order valence-electron chi connectivity index (χ0n) is 13.7. The fraction of sp³-hybridized carbons (Fsp3) is 0.389. The molecule has 1 fully saturated rings. The van der Waals surface area contributed by atoms with Crippen LogP contribution in [0.1, 0.15) is 34.1 Å². The average molecular weight is 367 g/mol. The molecule has 1 amide bonds. The van der Waals surface area contributed by atoms with Gasteiger partial charge in [0, 0.05) is 17.0 Å². The minimum absolute atomic E-state index is 0. The maximum atomic E-state index is 12.4. The number of benzene rings is 1. The number of hydrogen-bond donors (Lipinski definition) is 1. The van der Waals surface area contributed by atoms with Crippen LogP contribution in [-0.4, -0.2) is 37.6 Å². The van der Waals surface area contributed by atoms with Crippen molar-refractivity contribution in [2.24, 2.45) is 0 Å². The molecule has 1 N–H and O–H groups in total. The van der Waals surface area contributed by atoms with Gasteiger partial charge in [-0.3, -0.25) is 9.69 Å². The van der Waals surface area contributed by atoms with Gasteiger partial charge in [0.25, 0.3) is 5.91 Å². The third kappa shape index (κ3) is 4.50. The number of methoxy groups -OCH3 is 1. The third-order valence-electron chi connectivity index (χ3n) is 4.24. The number of carbonyl (C=O) groups excluding carboxylic acids is 1. The molecule has 0 saturated carbocycles. The van der Waals surface area contributed by atoms with Crippen molar-refractivity contribution in [1.29, 1.82) is 0 Å². The van der Waals surface area contributed by atoms with Gasteiger partial charge in [-0.25, -0.2) is 0 Å². The Labute approximate surface area is 153 Å². The van der Waals surface area contributed by atoms with Gasteiger partial charge in [-0.15, -0.1) is 23.7 Å². The molecule has 1 aliphatic heterocycles. The van der Waals surface area contributed by atoms with Gasteiger partial charge in [0.2, 0.25) is 0 Å². The van der Waals surface area contributed by atoms with Crippen LogP contribution in [0.25, 0.3) is 0 Å². The first-order valence-corrected chi connectivity index (χ1v) is 8.85. The van der Waals surface area contributed by atoms with Crippen LogP contribution in [0.15, 0.2) is 41.8 Å². The predicted octanol–water partition coefficient (Wildman–Crippen LogP) is 3.75. The van der Waals surface area contributed by atoms with Crippen LogP contribution >= 0.6 is 23.7 Å². The third-order valence-corrected chi connectivity index (χ3v) is 5.21. The van der Waals surface area contributed by atoms with Crippen molar-refractivity contribution in [3.05, 3.63) is 52.2 Å². The first kappa shape index (κ1) is 18.8. The highest BCUT2D eigenvalue weighted by molar-refractivity contribution is 7.10. The van der Waals surface area contributed by atoms with Crippen LogP contribution in [0.2, 0.25) is 0 Å². The normalized spacial score (nSPS) is 15.5. The van der Waals surface area contributed by atoms with Crippen LogP contribution < -0.4 is 10.1 Å². The lowest BCUT2D eigenvalue weighted by Crippen LogP contribution is -2.36. The Hall–Kier alpha value is -1.56. The molecule has 1 unspecified atom stereocenters. The number of likely N-dealkylation sites (tertiary alicyclic amines) is 1. The second-order valence-electron chi connectivity index (χ2n) is 5.72. The maximum absolute atomic E-state index is 12.4. The number of nitrogens with zero attached hydrogens (tertiary/aromatic N) is 1. The van der Waals surface area contributed by atoms with E-state index in [2.05, 4.69) is 27.7 Å². The molecule has 1 aromatic carbocycles. The van der Waals surface area contributed by atoms with Gasteiger partial charge in [-0.2, -0.15) is 0 Å². The largest absolute Gasteiger partial charge is 0.497 e. The summed E-state index contributed by atoms with van der Waals surface area (Å²) < 4.78 is 5.18. The van der Waals surface area contributed by atoms with Crippen molar-refractivity contribution in [3.8, 4) is 5.75 Å². The first-order chi connectivity index (χ1) is 11.3. The number of ether oxygens (including phenoxy) is 1. The molecule has 4 nitrogen and oxygen atoms in total. The number of rotatable bonds is 6. The predicted molar refractivity (Wildman–Crippen MR) is 100 cm³/mol. The summed E-state index contributed by atoms with van der Waals surface area (Å²) in [5.41, 5.74) is 0.635. The SMILES string of the molecule is COc1cccc(C(=O)NCC(c2cccs2)N2CCCC2)c1.Cl. The van der Waals surface area contributed by atoms with Crippen LogP contribution in [0.5, 0.6) is 5.75 Å². The molecule has 0 spiro atoms. The summed E-state index contributed by atoms with van der Waals surface area (Å²) >= 11 is 1.76. The van der Waals surface area contributed by atoms with Gasteiger partial charge in [0.05, 0.1) is 13.2 Å². The van der Waals surface area contributed by atoms with Crippen molar-refractivity contribution in [2.45, 2.75) is 18.9 Å².